The maximum atomic E-state index is 8.74. The van der Waals surface area contributed by atoms with Crippen LogP contribution >= 0.6 is 0 Å². The van der Waals surface area contributed by atoms with E-state index in [9.17, 15) is 0 Å². The summed E-state index contributed by atoms with van der Waals surface area (Å²) in [4.78, 5) is 10.1. The van der Waals surface area contributed by atoms with E-state index in [1.807, 2.05) is 36.4 Å². The highest BCUT2D eigenvalue weighted by atomic mass is 15.2. The summed E-state index contributed by atoms with van der Waals surface area (Å²) < 4.78 is 44.4. The van der Waals surface area contributed by atoms with Gasteiger partial charge in [-0.15, -0.1) is 0 Å². The number of fused-ring (bicyclic) bond motifs is 6. The Morgan fingerprint density at radius 1 is 0.538 bits per heavy atom. The van der Waals surface area contributed by atoms with Crippen molar-refractivity contribution in [1.82, 2.24) is 14.5 Å². The van der Waals surface area contributed by atoms with E-state index in [0.717, 1.165) is 32.6 Å². The van der Waals surface area contributed by atoms with Crippen molar-refractivity contribution in [3.63, 3.8) is 0 Å². The van der Waals surface area contributed by atoms with Crippen LogP contribution in [0, 0.1) is 0 Å². The van der Waals surface area contributed by atoms with Gasteiger partial charge in [-0.3, -0.25) is 4.57 Å². The van der Waals surface area contributed by atoms with Gasteiger partial charge in [0.2, 0.25) is 5.95 Å². The largest absolute Gasteiger partial charge is 0.278 e. The Hall–Kier alpha value is -5.28. The summed E-state index contributed by atoms with van der Waals surface area (Å²) in [6.45, 7) is 0. The summed E-state index contributed by atoms with van der Waals surface area (Å²) in [5.74, 6) is 0.370. The van der Waals surface area contributed by atoms with Crippen molar-refractivity contribution in [3.05, 3.63) is 127 Å². The third-order valence-corrected chi connectivity index (χ3v) is 7.82. The average molecular weight is 501 g/mol. The molecule has 0 fully saturated rings. The number of rotatable bonds is 2. The molecule has 0 bridgehead atoms. The van der Waals surface area contributed by atoms with Crippen molar-refractivity contribution in [2.24, 2.45) is 0 Å². The molecule has 7 aromatic carbocycles. The molecule has 0 N–H and O–H groups in total. The molecule has 0 spiro atoms. The minimum Gasteiger partial charge on any atom is -0.278 e. The molecule has 2 aromatic heterocycles. The summed E-state index contributed by atoms with van der Waals surface area (Å²) in [6, 6.07) is 30.9. The van der Waals surface area contributed by atoms with Gasteiger partial charge in [0.15, 0.2) is 0 Å². The zero-order valence-corrected chi connectivity index (χ0v) is 20.6. The molecule has 3 heteroatoms. The van der Waals surface area contributed by atoms with Crippen molar-refractivity contribution in [2.75, 3.05) is 0 Å². The van der Waals surface area contributed by atoms with Crippen LogP contribution in [0.2, 0.25) is 0 Å². The number of benzene rings is 7. The van der Waals surface area contributed by atoms with Gasteiger partial charge in [0.05, 0.1) is 29.1 Å². The maximum Gasteiger partial charge on any atom is 0.235 e. The van der Waals surface area contributed by atoms with Crippen LogP contribution in [0.25, 0.3) is 82.2 Å². The lowest BCUT2D eigenvalue weighted by atomic mass is 9.91. The maximum absolute atomic E-state index is 8.74. The highest BCUT2D eigenvalue weighted by Crippen LogP contribution is 2.46. The summed E-state index contributed by atoms with van der Waals surface area (Å²) in [5.41, 5.74) is 2.85. The van der Waals surface area contributed by atoms with E-state index < -0.39 is 18.1 Å². The van der Waals surface area contributed by atoms with Gasteiger partial charge in [-0.25, -0.2) is 9.97 Å². The van der Waals surface area contributed by atoms with E-state index in [4.69, 9.17) is 16.8 Å². The molecule has 39 heavy (non-hydrogen) atoms. The topological polar surface area (TPSA) is 30.7 Å². The SMILES string of the molecule is [2H]c1c([2H])c([2H])c(-c2nc(-n3c4cccc5c6ccccc6c6c7ccccc7cc3c6c54)nc3ccccc23)c([2H])c1[2H]. The van der Waals surface area contributed by atoms with E-state index in [0.29, 0.717) is 22.5 Å². The van der Waals surface area contributed by atoms with Crippen LogP contribution in [-0.2, 0) is 0 Å². The van der Waals surface area contributed by atoms with Crippen molar-refractivity contribution in [1.29, 1.82) is 0 Å². The van der Waals surface area contributed by atoms with Gasteiger partial charge in [0.25, 0.3) is 0 Å². The van der Waals surface area contributed by atoms with Crippen LogP contribution in [0.1, 0.15) is 6.85 Å². The number of hydrogen-bond acceptors (Lipinski definition) is 2. The zero-order valence-electron chi connectivity index (χ0n) is 25.6. The minimum atomic E-state index is -0.436. The van der Waals surface area contributed by atoms with Crippen LogP contribution in [0.4, 0.5) is 0 Å². The quantitative estimate of drug-likeness (QED) is 0.221. The Morgan fingerprint density at radius 3 is 2.10 bits per heavy atom. The summed E-state index contributed by atoms with van der Waals surface area (Å²) in [5, 5.41) is 9.74. The first-order valence-corrected chi connectivity index (χ1v) is 12.9. The third kappa shape index (κ3) is 2.76. The lowest BCUT2D eigenvalue weighted by molar-refractivity contribution is 1.01. The summed E-state index contributed by atoms with van der Waals surface area (Å²) in [6.07, 6.45) is 0. The molecule has 3 nitrogen and oxygen atoms in total. The number of aromatic nitrogens is 3. The Labute approximate surface area is 230 Å². The fourth-order valence-corrected chi connectivity index (χ4v) is 6.26. The first-order valence-electron chi connectivity index (χ1n) is 15.4. The predicted octanol–water partition coefficient (Wildman–Crippen LogP) is 9.29. The lowest BCUT2D eigenvalue weighted by Crippen LogP contribution is -2.03. The van der Waals surface area contributed by atoms with Gasteiger partial charge in [-0.2, -0.15) is 0 Å². The van der Waals surface area contributed by atoms with Crippen LogP contribution < -0.4 is 0 Å². The van der Waals surface area contributed by atoms with Crippen LogP contribution in [0.3, 0.4) is 0 Å². The molecule has 2 heterocycles. The standard InChI is InChI=1S/C36H21N3/c1-2-11-22(12-3-1)35-28-17-8-9-19-29(28)37-36(38-35)39-30-20-10-18-27-25-15-6-7-16-26(25)32-24-14-5-4-13-23(24)21-31(39)34(32)33(27)30/h1-21H/i1D,2D,3D,11D,12D. The fourth-order valence-electron chi connectivity index (χ4n) is 6.26. The van der Waals surface area contributed by atoms with Crippen LogP contribution in [0.15, 0.2) is 127 Å². The van der Waals surface area contributed by atoms with E-state index in [1.165, 1.54) is 21.5 Å². The van der Waals surface area contributed by atoms with E-state index in [1.54, 1.807) is 0 Å². The van der Waals surface area contributed by atoms with Crippen molar-refractivity contribution < 1.29 is 6.85 Å². The second-order valence-electron chi connectivity index (χ2n) is 9.84. The number of hydrogen-bond donors (Lipinski definition) is 0. The number of para-hydroxylation sites is 1. The summed E-state index contributed by atoms with van der Waals surface area (Å²) in [7, 11) is 0. The molecule has 180 valence electrons. The molecule has 0 atom stereocenters. The minimum absolute atomic E-state index is 0.0557. The van der Waals surface area contributed by atoms with Crippen molar-refractivity contribution in [2.45, 2.75) is 0 Å². The molecule has 9 rings (SSSR count). The Balaban J connectivity index is 1.51. The van der Waals surface area contributed by atoms with Gasteiger partial charge in [-0.05, 0) is 45.1 Å². The molecule has 0 radical (unpaired) electrons. The van der Waals surface area contributed by atoms with Gasteiger partial charge in [0, 0.05) is 27.1 Å². The molecule has 0 aliphatic rings. The highest BCUT2D eigenvalue weighted by Gasteiger charge is 2.23. The van der Waals surface area contributed by atoms with E-state index >= 15 is 0 Å². The van der Waals surface area contributed by atoms with E-state index in [2.05, 4.69) is 65.2 Å². The second-order valence-corrected chi connectivity index (χ2v) is 9.84. The number of nitrogens with zero attached hydrogens (tertiary/aromatic N) is 3. The first-order chi connectivity index (χ1) is 21.4. The molecule has 0 saturated carbocycles. The first kappa shape index (κ1) is 16.5. The van der Waals surface area contributed by atoms with Crippen LogP contribution in [0.5, 0.6) is 0 Å². The molecular weight excluding hydrogens is 474 g/mol. The second kappa shape index (κ2) is 7.62. The zero-order chi connectivity index (χ0) is 29.9. The van der Waals surface area contributed by atoms with Gasteiger partial charge in [-0.1, -0.05) is 109 Å². The molecule has 0 aliphatic carbocycles. The van der Waals surface area contributed by atoms with Gasteiger partial charge < -0.3 is 0 Å². The Kier molecular flexibility index (Phi) is 3.23. The molecular formula is C36H21N3. The third-order valence-electron chi connectivity index (χ3n) is 7.82. The Morgan fingerprint density at radius 2 is 1.23 bits per heavy atom. The molecule has 0 saturated heterocycles. The lowest BCUT2D eigenvalue weighted by Gasteiger charge is -2.12. The summed E-state index contributed by atoms with van der Waals surface area (Å²) >= 11 is 0. The smallest absolute Gasteiger partial charge is 0.235 e. The van der Waals surface area contributed by atoms with Gasteiger partial charge >= 0.3 is 0 Å². The highest BCUT2D eigenvalue weighted by molar-refractivity contribution is 6.39. The monoisotopic (exact) mass is 500 g/mol. The molecule has 0 unspecified atom stereocenters. The molecule has 0 amide bonds. The average Bonchev–Trinajstić information content (AvgIpc) is 3.39. The fraction of sp³-hybridized carbons (Fsp3) is 0. The van der Waals surface area contributed by atoms with E-state index in [-0.39, 0.29) is 17.6 Å². The molecule has 0 aliphatic heterocycles. The van der Waals surface area contributed by atoms with Gasteiger partial charge in [0.1, 0.15) is 0 Å². The normalized spacial score (nSPS) is 13.9. The van der Waals surface area contributed by atoms with Crippen molar-refractivity contribution in [3.8, 4) is 17.2 Å². The predicted molar refractivity (Wildman–Crippen MR) is 163 cm³/mol. The molecule has 9 aromatic rings. The van der Waals surface area contributed by atoms with Crippen molar-refractivity contribution >= 4 is 65.0 Å². The van der Waals surface area contributed by atoms with Crippen LogP contribution in [-0.4, -0.2) is 14.5 Å². The Bertz CT molecular complexity index is 2640.